The predicted octanol–water partition coefficient (Wildman–Crippen LogP) is 5.32. The molecule has 0 aliphatic carbocycles. The van der Waals surface area contributed by atoms with Crippen LogP contribution in [0.2, 0.25) is 0 Å². The highest BCUT2D eigenvalue weighted by atomic mass is 16.5. The van der Waals surface area contributed by atoms with E-state index in [4.69, 9.17) is 4.74 Å². The molecular weight excluding hydrogens is 747 g/mol. The second kappa shape index (κ2) is 15.0. The van der Waals surface area contributed by atoms with Crippen molar-refractivity contribution in [1.29, 1.82) is 0 Å². The van der Waals surface area contributed by atoms with Crippen molar-refractivity contribution in [2.45, 2.75) is 75.5 Å². The van der Waals surface area contributed by atoms with Gasteiger partial charge in [-0.1, -0.05) is 48.5 Å². The Labute approximate surface area is 342 Å². The van der Waals surface area contributed by atoms with Crippen molar-refractivity contribution in [3.05, 3.63) is 124 Å². The van der Waals surface area contributed by atoms with Crippen molar-refractivity contribution in [3.63, 3.8) is 0 Å². The summed E-state index contributed by atoms with van der Waals surface area (Å²) in [4.78, 5) is 72.5. The molecule has 59 heavy (non-hydrogen) atoms. The van der Waals surface area contributed by atoms with E-state index in [2.05, 4.69) is 63.6 Å². The van der Waals surface area contributed by atoms with E-state index in [-0.39, 0.29) is 53.4 Å². The monoisotopic (exact) mass is 793 g/mol. The number of nitrogens with zero attached hydrogens (tertiary/aromatic N) is 4. The average molecular weight is 794 g/mol. The lowest BCUT2D eigenvalue weighted by Crippen LogP contribution is -2.54. The summed E-state index contributed by atoms with van der Waals surface area (Å²) in [5.74, 6) is -0.815. The van der Waals surface area contributed by atoms with Gasteiger partial charge < -0.3 is 24.5 Å². The summed E-state index contributed by atoms with van der Waals surface area (Å²) in [6.45, 7) is 5.04. The number of amides is 5. The zero-order valence-corrected chi connectivity index (χ0v) is 32.8. The molecule has 3 saturated heterocycles. The van der Waals surface area contributed by atoms with Crippen molar-refractivity contribution < 1.29 is 33.8 Å². The van der Waals surface area contributed by atoms with Gasteiger partial charge in [0.15, 0.2) is 0 Å². The van der Waals surface area contributed by atoms with Crippen molar-refractivity contribution in [2.24, 2.45) is 5.92 Å². The zero-order valence-electron chi connectivity index (χ0n) is 32.8. The molecule has 6 aliphatic rings. The standard InChI is InChI=1S/C47H47N5O7/c53-35-10-11-36-41(24-35)59-27-39(28-4-2-1-3-5-28)43(36)29-6-8-33(9-7-29)50-20-16-34(17-21-50)49-18-14-30(15-19-49)45(56)51-25-31-22-37-38(23-32(31)26-51)47(58)52(46(37)57)40-12-13-42(54)48-44(40)55/h1-11,22-24,30,34,39-40,43,53H,12-21,25-27H2,(H,48,54,55)/t39-,40?,43-/m0/s1. The topological polar surface area (TPSA) is 140 Å². The van der Waals surface area contributed by atoms with E-state index in [9.17, 15) is 29.1 Å². The van der Waals surface area contributed by atoms with Gasteiger partial charge in [0.2, 0.25) is 17.7 Å². The molecule has 10 rings (SSSR count). The maximum Gasteiger partial charge on any atom is 0.262 e. The number of aromatic hydroxyl groups is 1. The number of nitrogens with one attached hydrogen (secondary N) is 1. The molecule has 3 fully saturated rings. The fraction of sp³-hybridized carbons (Fsp3) is 0.383. The number of fused-ring (bicyclic) bond motifs is 3. The van der Waals surface area contributed by atoms with Gasteiger partial charge in [-0.2, -0.15) is 0 Å². The lowest BCUT2D eigenvalue weighted by molar-refractivity contribution is -0.138. The Morgan fingerprint density at radius 2 is 1.41 bits per heavy atom. The third-order valence-corrected chi connectivity index (χ3v) is 13.7. The quantitative estimate of drug-likeness (QED) is 0.248. The Balaban J connectivity index is 0.730. The first-order valence-electron chi connectivity index (χ1n) is 21.0. The lowest BCUT2D eigenvalue weighted by Gasteiger charge is -2.42. The van der Waals surface area contributed by atoms with Crippen LogP contribution in [0.5, 0.6) is 11.5 Å². The number of rotatable bonds is 6. The number of ether oxygens (including phenoxy) is 1. The fourth-order valence-electron chi connectivity index (χ4n) is 10.5. The van der Waals surface area contributed by atoms with Crippen LogP contribution in [0.4, 0.5) is 5.69 Å². The van der Waals surface area contributed by atoms with E-state index >= 15 is 0 Å². The number of imide groups is 2. The van der Waals surface area contributed by atoms with Crippen LogP contribution in [0.25, 0.3) is 0 Å². The van der Waals surface area contributed by atoms with Crippen LogP contribution in [-0.2, 0) is 27.5 Å². The fourth-order valence-corrected chi connectivity index (χ4v) is 10.5. The Morgan fingerprint density at radius 1 is 0.729 bits per heavy atom. The van der Waals surface area contributed by atoms with Crippen LogP contribution in [0.1, 0.15) is 98.9 Å². The largest absolute Gasteiger partial charge is 0.508 e. The minimum absolute atomic E-state index is 0.0628. The Bertz CT molecular complexity index is 2310. The Morgan fingerprint density at radius 3 is 2.07 bits per heavy atom. The third kappa shape index (κ3) is 6.73. The molecule has 0 aromatic heterocycles. The van der Waals surface area contributed by atoms with Gasteiger partial charge in [0.1, 0.15) is 17.5 Å². The van der Waals surface area contributed by atoms with Crippen LogP contribution in [-0.4, -0.2) is 94.2 Å². The molecule has 3 atom stereocenters. The zero-order chi connectivity index (χ0) is 40.4. The molecule has 4 aromatic carbocycles. The summed E-state index contributed by atoms with van der Waals surface area (Å²) >= 11 is 0. The minimum Gasteiger partial charge on any atom is -0.508 e. The van der Waals surface area contributed by atoms with Crippen LogP contribution in [0.15, 0.2) is 84.9 Å². The highest BCUT2D eigenvalue weighted by Crippen LogP contribution is 2.47. The van der Waals surface area contributed by atoms with Gasteiger partial charge in [-0.25, -0.2) is 0 Å². The van der Waals surface area contributed by atoms with Crippen LogP contribution >= 0.6 is 0 Å². The summed E-state index contributed by atoms with van der Waals surface area (Å²) < 4.78 is 6.17. The Hall–Kier alpha value is -6.01. The van der Waals surface area contributed by atoms with Gasteiger partial charge in [-0.15, -0.1) is 0 Å². The number of benzene rings is 4. The van der Waals surface area contributed by atoms with E-state index in [1.807, 2.05) is 17.0 Å². The number of phenolic OH excluding ortho intramolecular Hbond substituents is 1. The summed E-state index contributed by atoms with van der Waals surface area (Å²) in [5.41, 5.74) is 7.00. The molecule has 0 spiro atoms. The van der Waals surface area contributed by atoms with E-state index in [0.29, 0.717) is 25.7 Å². The number of carbonyl (C=O) groups excluding carboxylic acids is 5. The van der Waals surface area contributed by atoms with Gasteiger partial charge in [0.25, 0.3) is 11.8 Å². The Kier molecular flexibility index (Phi) is 9.46. The summed E-state index contributed by atoms with van der Waals surface area (Å²) in [6.07, 6.45) is 3.94. The van der Waals surface area contributed by atoms with Crippen molar-refractivity contribution >= 4 is 35.2 Å². The number of phenols is 1. The average Bonchev–Trinajstić information content (AvgIpc) is 3.79. The SMILES string of the molecule is O=C1CCC(N2C(=O)c3cc4c(cc3C2=O)CN(C(=O)C2CCN(C3CCN(c5ccc([C@H]6c7ccc(O)cc7OC[C@H]6c6ccccc6)cc5)CC3)CC2)C4)C(=O)N1. The first kappa shape index (κ1) is 37.3. The second-order valence-electron chi connectivity index (χ2n) is 17.0. The molecule has 6 heterocycles. The number of carbonyl (C=O) groups is 5. The smallest absolute Gasteiger partial charge is 0.262 e. The van der Waals surface area contributed by atoms with E-state index in [1.165, 1.54) is 16.8 Å². The molecule has 12 heteroatoms. The minimum atomic E-state index is -1.00. The maximum atomic E-state index is 13.8. The van der Waals surface area contributed by atoms with Crippen LogP contribution < -0.4 is 15.0 Å². The number of piperidine rings is 3. The molecule has 302 valence electrons. The van der Waals surface area contributed by atoms with Gasteiger partial charge in [-0.3, -0.25) is 34.2 Å². The summed E-state index contributed by atoms with van der Waals surface area (Å²) in [6, 6.07) is 27.9. The van der Waals surface area contributed by atoms with Crippen molar-refractivity contribution in [2.75, 3.05) is 37.7 Å². The molecule has 4 aromatic rings. The van der Waals surface area contributed by atoms with Gasteiger partial charge >= 0.3 is 0 Å². The van der Waals surface area contributed by atoms with Crippen LogP contribution in [0.3, 0.4) is 0 Å². The lowest BCUT2D eigenvalue weighted by atomic mass is 9.76. The van der Waals surface area contributed by atoms with E-state index < -0.39 is 29.7 Å². The summed E-state index contributed by atoms with van der Waals surface area (Å²) in [5, 5.41) is 12.4. The molecule has 6 aliphatic heterocycles. The second-order valence-corrected chi connectivity index (χ2v) is 17.0. The normalized spacial score (nSPS) is 23.8. The number of hydrogen-bond donors (Lipinski definition) is 2. The third-order valence-electron chi connectivity index (χ3n) is 13.7. The first-order chi connectivity index (χ1) is 28.7. The first-order valence-corrected chi connectivity index (χ1v) is 21.0. The van der Waals surface area contributed by atoms with Gasteiger partial charge in [0, 0.05) is 73.7 Å². The number of anilines is 1. The molecule has 0 radical (unpaired) electrons. The molecule has 2 N–H and O–H groups in total. The molecule has 1 unspecified atom stereocenters. The number of likely N-dealkylation sites (tertiary alicyclic amines) is 1. The van der Waals surface area contributed by atoms with E-state index in [1.54, 1.807) is 24.3 Å². The molecule has 0 saturated carbocycles. The highest BCUT2D eigenvalue weighted by molar-refractivity contribution is 6.23. The van der Waals surface area contributed by atoms with E-state index in [0.717, 1.165) is 79.2 Å². The van der Waals surface area contributed by atoms with Crippen molar-refractivity contribution in [1.82, 2.24) is 20.0 Å². The number of hydrogen-bond acceptors (Lipinski definition) is 9. The molecule has 0 bridgehead atoms. The predicted molar refractivity (Wildman–Crippen MR) is 218 cm³/mol. The van der Waals surface area contributed by atoms with Gasteiger partial charge in [-0.05, 0) is 97.8 Å². The van der Waals surface area contributed by atoms with Gasteiger partial charge in [0.05, 0.1) is 17.7 Å². The highest BCUT2D eigenvalue weighted by Gasteiger charge is 2.46. The van der Waals surface area contributed by atoms with Crippen LogP contribution in [0, 0.1) is 5.92 Å². The molecular formula is C47H47N5O7. The van der Waals surface area contributed by atoms with Crippen molar-refractivity contribution in [3.8, 4) is 11.5 Å². The molecule has 5 amide bonds. The summed E-state index contributed by atoms with van der Waals surface area (Å²) in [7, 11) is 0. The maximum absolute atomic E-state index is 13.8. The molecule has 12 nitrogen and oxygen atoms in total.